The number of nitrogens with one attached hydrogen (secondary N) is 1. The first kappa shape index (κ1) is 11.9. The topological polar surface area (TPSA) is 45.2 Å². The number of amides is 2. The molecule has 1 aliphatic heterocycles. The largest absolute Gasteiger partial charge is 0.322 e. The average Bonchev–Trinajstić information content (AvgIpc) is 2.40. The van der Waals surface area contributed by atoms with E-state index in [1.807, 2.05) is 17.0 Å². The summed E-state index contributed by atoms with van der Waals surface area (Å²) in [5.41, 5.74) is 0.811. The Morgan fingerprint density at radius 2 is 2.24 bits per heavy atom. The number of rotatable bonds is 2. The van der Waals surface area contributed by atoms with Crippen molar-refractivity contribution in [2.24, 2.45) is 0 Å². The zero-order valence-electron chi connectivity index (χ0n) is 10.2. The van der Waals surface area contributed by atoms with Crippen molar-refractivity contribution < 1.29 is 4.79 Å². The molecular weight excluding hydrogens is 214 g/mol. The normalized spacial score (nSPS) is 20.1. The Balaban J connectivity index is 1.99. The number of hydrogen-bond acceptors (Lipinski definition) is 2. The Hall–Kier alpha value is -1.58. The Kier molecular flexibility index (Phi) is 3.96. The number of anilines is 1. The van der Waals surface area contributed by atoms with Crippen LogP contribution in [0.1, 0.15) is 32.6 Å². The van der Waals surface area contributed by atoms with Crippen LogP contribution < -0.4 is 5.32 Å². The zero-order valence-corrected chi connectivity index (χ0v) is 10.2. The van der Waals surface area contributed by atoms with Crippen LogP contribution in [0.15, 0.2) is 24.5 Å². The van der Waals surface area contributed by atoms with Gasteiger partial charge < -0.3 is 10.2 Å². The molecule has 1 aromatic rings. The molecule has 0 saturated carbocycles. The number of pyridine rings is 1. The predicted molar refractivity (Wildman–Crippen MR) is 67.9 cm³/mol. The van der Waals surface area contributed by atoms with Gasteiger partial charge in [-0.05, 0) is 37.8 Å². The van der Waals surface area contributed by atoms with Gasteiger partial charge in [0, 0.05) is 30.7 Å². The lowest BCUT2D eigenvalue weighted by atomic mass is 10.0. The van der Waals surface area contributed by atoms with Crippen LogP contribution in [0.3, 0.4) is 0 Å². The first-order chi connectivity index (χ1) is 8.31. The molecule has 1 aliphatic rings. The monoisotopic (exact) mass is 233 g/mol. The number of likely N-dealkylation sites (tertiary alicyclic amines) is 1. The van der Waals surface area contributed by atoms with E-state index in [4.69, 9.17) is 0 Å². The summed E-state index contributed by atoms with van der Waals surface area (Å²) in [6.07, 6.45) is 7.87. The smallest absolute Gasteiger partial charge is 0.322 e. The van der Waals surface area contributed by atoms with Gasteiger partial charge in [-0.25, -0.2) is 4.79 Å². The molecule has 1 atom stereocenters. The molecule has 0 aromatic carbocycles. The van der Waals surface area contributed by atoms with E-state index in [9.17, 15) is 4.79 Å². The van der Waals surface area contributed by atoms with Crippen LogP contribution in [0, 0.1) is 0 Å². The molecule has 1 fully saturated rings. The summed E-state index contributed by atoms with van der Waals surface area (Å²) < 4.78 is 0. The van der Waals surface area contributed by atoms with Gasteiger partial charge in [-0.2, -0.15) is 0 Å². The van der Waals surface area contributed by atoms with E-state index in [1.54, 1.807) is 12.4 Å². The predicted octanol–water partition coefficient (Wildman–Crippen LogP) is 2.88. The Morgan fingerprint density at radius 1 is 1.47 bits per heavy atom. The van der Waals surface area contributed by atoms with Crippen LogP contribution in [0.5, 0.6) is 0 Å². The van der Waals surface area contributed by atoms with Gasteiger partial charge in [0.05, 0.1) is 0 Å². The van der Waals surface area contributed by atoms with Crippen LogP contribution >= 0.6 is 0 Å². The minimum atomic E-state index is 0.0164. The highest BCUT2D eigenvalue weighted by molar-refractivity contribution is 5.89. The van der Waals surface area contributed by atoms with Crippen LogP contribution in [-0.4, -0.2) is 28.5 Å². The molecule has 17 heavy (non-hydrogen) atoms. The van der Waals surface area contributed by atoms with Crippen molar-refractivity contribution in [3.05, 3.63) is 24.5 Å². The molecule has 0 spiro atoms. The summed E-state index contributed by atoms with van der Waals surface area (Å²) in [7, 11) is 0. The zero-order chi connectivity index (χ0) is 12.1. The second-order valence-corrected chi connectivity index (χ2v) is 4.42. The van der Waals surface area contributed by atoms with E-state index in [0.717, 1.165) is 31.5 Å². The third-order valence-electron chi connectivity index (χ3n) is 3.29. The lowest BCUT2D eigenvalue weighted by molar-refractivity contribution is 0.160. The molecule has 0 bridgehead atoms. The van der Waals surface area contributed by atoms with Gasteiger partial charge in [-0.15, -0.1) is 0 Å². The third-order valence-corrected chi connectivity index (χ3v) is 3.29. The molecule has 1 aromatic heterocycles. The fourth-order valence-electron chi connectivity index (χ4n) is 2.32. The first-order valence-corrected chi connectivity index (χ1v) is 6.29. The summed E-state index contributed by atoms with van der Waals surface area (Å²) in [6.45, 7) is 3.01. The van der Waals surface area contributed by atoms with Gasteiger partial charge in [0.2, 0.25) is 0 Å². The summed E-state index contributed by atoms with van der Waals surface area (Å²) in [5.74, 6) is 0. The molecule has 1 unspecified atom stereocenters. The highest BCUT2D eigenvalue weighted by atomic mass is 16.2. The van der Waals surface area contributed by atoms with Gasteiger partial charge in [-0.1, -0.05) is 6.92 Å². The fraction of sp³-hybridized carbons (Fsp3) is 0.538. The summed E-state index contributed by atoms with van der Waals surface area (Å²) in [6, 6.07) is 4.03. The maximum Gasteiger partial charge on any atom is 0.322 e. The van der Waals surface area contributed by atoms with Gasteiger partial charge in [0.1, 0.15) is 0 Å². The van der Waals surface area contributed by atoms with E-state index >= 15 is 0 Å². The standard InChI is InChI=1S/C13H19N3O/c1-2-12-5-3-4-10-16(12)13(17)15-11-6-8-14-9-7-11/h6-9,12H,2-5,10H2,1H3,(H,14,15,17). The van der Waals surface area contributed by atoms with Crippen molar-refractivity contribution >= 4 is 11.7 Å². The Morgan fingerprint density at radius 3 is 2.94 bits per heavy atom. The molecule has 0 radical (unpaired) electrons. The van der Waals surface area contributed by atoms with Crippen LogP contribution in [0.2, 0.25) is 0 Å². The minimum absolute atomic E-state index is 0.0164. The molecule has 0 aliphatic carbocycles. The molecule has 2 amide bonds. The highest BCUT2D eigenvalue weighted by Gasteiger charge is 2.25. The van der Waals surface area contributed by atoms with E-state index in [-0.39, 0.29) is 6.03 Å². The quantitative estimate of drug-likeness (QED) is 0.853. The first-order valence-electron chi connectivity index (χ1n) is 6.29. The van der Waals surface area contributed by atoms with Crippen molar-refractivity contribution in [3.63, 3.8) is 0 Å². The summed E-state index contributed by atoms with van der Waals surface area (Å²) in [4.78, 5) is 18.0. The number of carbonyl (C=O) groups is 1. The van der Waals surface area contributed by atoms with Gasteiger partial charge in [0.15, 0.2) is 0 Å². The minimum Gasteiger partial charge on any atom is -0.322 e. The van der Waals surface area contributed by atoms with E-state index in [2.05, 4.69) is 17.2 Å². The number of urea groups is 1. The van der Waals surface area contributed by atoms with Crippen molar-refractivity contribution in [1.82, 2.24) is 9.88 Å². The molecular formula is C13H19N3O. The third kappa shape index (κ3) is 2.96. The number of piperidine rings is 1. The van der Waals surface area contributed by atoms with Gasteiger partial charge >= 0.3 is 6.03 Å². The average molecular weight is 233 g/mol. The lowest BCUT2D eigenvalue weighted by Crippen LogP contribution is -2.45. The fourth-order valence-corrected chi connectivity index (χ4v) is 2.32. The SMILES string of the molecule is CCC1CCCCN1C(=O)Nc1ccncc1. The molecule has 92 valence electrons. The number of nitrogens with zero attached hydrogens (tertiary/aromatic N) is 2. The van der Waals surface area contributed by atoms with Crippen LogP contribution in [0.25, 0.3) is 0 Å². The molecule has 4 nitrogen and oxygen atoms in total. The van der Waals surface area contributed by atoms with E-state index in [1.165, 1.54) is 6.42 Å². The number of aromatic nitrogens is 1. The second kappa shape index (κ2) is 5.66. The number of carbonyl (C=O) groups excluding carboxylic acids is 1. The maximum absolute atomic E-state index is 12.1. The molecule has 2 heterocycles. The van der Waals surface area contributed by atoms with Crippen molar-refractivity contribution in [2.75, 3.05) is 11.9 Å². The molecule has 2 rings (SSSR count). The van der Waals surface area contributed by atoms with E-state index in [0.29, 0.717) is 6.04 Å². The number of hydrogen-bond donors (Lipinski definition) is 1. The molecule has 1 saturated heterocycles. The highest BCUT2D eigenvalue weighted by Crippen LogP contribution is 2.20. The van der Waals surface area contributed by atoms with Crippen LogP contribution in [-0.2, 0) is 0 Å². The summed E-state index contributed by atoms with van der Waals surface area (Å²) >= 11 is 0. The van der Waals surface area contributed by atoms with Crippen molar-refractivity contribution in [3.8, 4) is 0 Å². The Bertz CT molecular complexity index is 366. The molecule has 1 N–H and O–H groups in total. The lowest BCUT2D eigenvalue weighted by Gasteiger charge is -2.35. The van der Waals surface area contributed by atoms with Gasteiger partial charge in [0.25, 0.3) is 0 Å². The molecule has 4 heteroatoms. The van der Waals surface area contributed by atoms with Gasteiger partial charge in [-0.3, -0.25) is 4.98 Å². The van der Waals surface area contributed by atoms with Crippen LogP contribution in [0.4, 0.5) is 10.5 Å². The second-order valence-electron chi connectivity index (χ2n) is 4.42. The summed E-state index contributed by atoms with van der Waals surface area (Å²) in [5, 5.41) is 2.92. The maximum atomic E-state index is 12.1. The van der Waals surface area contributed by atoms with E-state index < -0.39 is 0 Å². The van der Waals surface area contributed by atoms with Crippen molar-refractivity contribution in [1.29, 1.82) is 0 Å². The Labute approximate surface area is 102 Å². The van der Waals surface area contributed by atoms with Crippen molar-refractivity contribution in [2.45, 2.75) is 38.6 Å².